The third-order valence-electron chi connectivity index (χ3n) is 2.05. The summed E-state index contributed by atoms with van der Waals surface area (Å²) in [4.78, 5) is 10.6. The lowest BCUT2D eigenvalue weighted by Crippen LogP contribution is -2.18. The maximum absolute atomic E-state index is 10.6. The number of carbonyl (C=O) groups is 1. The Labute approximate surface area is 86.9 Å². The quantitative estimate of drug-likeness (QED) is 0.810. The van der Waals surface area contributed by atoms with Gasteiger partial charge in [0.25, 0.3) is 0 Å². The van der Waals surface area contributed by atoms with Crippen LogP contribution < -0.4 is 0 Å². The van der Waals surface area contributed by atoms with Gasteiger partial charge in [0.2, 0.25) is 0 Å². The van der Waals surface area contributed by atoms with E-state index in [2.05, 4.69) is 0 Å². The van der Waals surface area contributed by atoms with Crippen molar-refractivity contribution in [1.29, 1.82) is 0 Å². The Kier molecular flexibility index (Phi) is 3.49. The Balaban J connectivity index is 2.89. The second kappa shape index (κ2) is 4.44. The number of aliphatic hydroxyl groups is 1. The molecule has 0 spiro atoms. The summed E-state index contributed by atoms with van der Waals surface area (Å²) in [6, 6.07) is 6.56. The lowest BCUT2D eigenvalue weighted by atomic mass is 9.98. The van der Waals surface area contributed by atoms with Gasteiger partial charge in [-0.1, -0.05) is 23.7 Å². The van der Waals surface area contributed by atoms with Crippen LogP contribution in [-0.2, 0) is 4.79 Å². The SMILES string of the molecule is CC(C(=O)O)C(O)c1cccc(Cl)c1. The molecule has 14 heavy (non-hydrogen) atoms. The van der Waals surface area contributed by atoms with Gasteiger partial charge in [0.1, 0.15) is 0 Å². The number of halogens is 1. The second-order valence-electron chi connectivity index (χ2n) is 3.13. The molecule has 2 N–H and O–H groups in total. The first-order valence-electron chi connectivity index (χ1n) is 4.18. The molecule has 0 bridgehead atoms. The summed E-state index contributed by atoms with van der Waals surface area (Å²) >= 11 is 5.71. The highest BCUT2D eigenvalue weighted by Gasteiger charge is 2.22. The van der Waals surface area contributed by atoms with Crippen LogP contribution in [0.4, 0.5) is 0 Å². The minimum Gasteiger partial charge on any atom is -0.481 e. The molecule has 0 radical (unpaired) electrons. The van der Waals surface area contributed by atoms with Gasteiger partial charge in [-0.3, -0.25) is 4.79 Å². The highest BCUT2D eigenvalue weighted by Crippen LogP contribution is 2.24. The van der Waals surface area contributed by atoms with E-state index in [1.54, 1.807) is 24.3 Å². The van der Waals surface area contributed by atoms with E-state index in [-0.39, 0.29) is 0 Å². The molecule has 0 aromatic heterocycles. The van der Waals surface area contributed by atoms with Crippen molar-refractivity contribution in [3.05, 3.63) is 34.9 Å². The first kappa shape index (κ1) is 11.0. The summed E-state index contributed by atoms with van der Waals surface area (Å²) < 4.78 is 0. The maximum atomic E-state index is 10.6. The van der Waals surface area contributed by atoms with Crippen molar-refractivity contribution in [2.24, 2.45) is 5.92 Å². The molecular formula is C10H11ClO3. The van der Waals surface area contributed by atoms with Gasteiger partial charge in [-0.25, -0.2) is 0 Å². The highest BCUT2D eigenvalue weighted by molar-refractivity contribution is 6.30. The number of aliphatic carboxylic acids is 1. The minimum absolute atomic E-state index is 0.485. The molecule has 0 amide bonds. The van der Waals surface area contributed by atoms with Crippen molar-refractivity contribution >= 4 is 17.6 Å². The van der Waals surface area contributed by atoms with Crippen LogP contribution in [0.1, 0.15) is 18.6 Å². The Bertz CT molecular complexity index is 338. The van der Waals surface area contributed by atoms with Crippen LogP contribution >= 0.6 is 11.6 Å². The van der Waals surface area contributed by atoms with Crippen LogP contribution in [0.5, 0.6) is 0 Å². The molecule has 0 aliphatic carbocycles. The maximum Gasteiger partial charge on any atom is 0.309 e. The van der Waals surface area contributed by atoms with Crippen LogP contribution in [0.3, 0.4) is 0 Å². The van der Waals surface area contributed by atoms with Crippen LogP contribution in [-0.4, -0.2) is 16.2 Å². The van der Waals surface area contributed by atoms with Crippen molar-refractivity contribution in [3.8, 4) is 0 Å². The van der Waals surface area contributed by atoms with E-state index >= 15 is 0 Å². The summed E-state index contributed by atoms with van der Waals surface area (Å²) in [5.41, 5.74) is 0.521. The number of hydrogen-bond donors (Lipinski definition) is 2. The number of benzene rings is 1. The predicted molar refractivity (Wildman–Crippen MR) is 53.2 cm³/mol. The summed E-state index contributed by atoms with van der Waals surface area (Å²) in [7, 11) is 0. The molecule has 1 aromatic carbocycles. The van der Waals surface area contributed by atoms with E-state index in [0.29, 0.717) is 10.6 Å². The van der Waals surface area contributed by atoms with Crippen molar-refractivity contribution in [3.63, 3.8) is 0 Å². The number of aliphatic hydroxyl groups excluding tert-OH is 1. The third kappa shape index (κ3) is 2.47. The fourth-order valence-corrected chi connectivity index (χ4v) is 1.31. The van der Waals surface area contributed by atoms with Gasteiger partial charge in [0.05, 0.1) is 12.0 Å². The standard InChI is InChI=1S/C10H11ClO3/c1-6(10(13)14)9(12)7-3-2-4-8(11)5-7/h2-6,9,12H,1H3,(H,13,14). The fourth-order valence-electron chi connectivity index (χ4n) is 1.11. The average molecular weight is 215 g/mol. The number of rotatable bonds is 3. The third-order valence-corrected chi connectivity index (χ3v) is 2.29. The zero-order valence-electron chi connectivity index (χ0n) is 7.64. The summed E-state index contributed by atoms with van der Waals surface area (Å²) in [5, 5.41) is 18.8. The first-order chi connectivity index (χ1) is 6.52. The van der Waals surface area contributed by atoms with E-state index in [9.17, 15) is 9.90 Å². The highest BCUT2D eigenvalue weighted by atomic mass is 35.5. The van der Waals surface area contributed by atoms with Crippen LogP contribution in [0.15, 0.2) is 24.3 Å². The topological polar surface area (TPSA) is 57.5 Å². The van der Waals surface area contributed by atoms with Gasteiger partial charge >= 0.3 is 5.97 Å². The van der Waals surface area contributed by atoms with Gasteiger partial charge in [0, 0.05) is 5.02 Å². The van der Waals surface area contributed by atoms with Gasteiger partial charge in [0.15, 0.2) is 0 Å². The van der Waals surface area contributed by atoms with E-state index in [4.69, 9.17) is 16.7 Å². The van der Waals surface area contributed by atoms with Crippen LogP contribution in [0.2, 0.25) is 5.02 Å². The van der Waals surface area contributed by atoms with Crippen molar-refractivity contribution < 1.29 is 15.0 Å². The second-order valence-corrected chi connectivity index (χ2v) is 3.56. The van der Waals surface area contributed by atoms with E-state index in [0.717, 1.165) is 0 Å². The Hall–Kier alpha value is -1.06. The van der Waals surface area contributed by atoms with E-state index in [1.165, 1.54) is 6.92 Å². The molecule has 2 unspecified atom stereocenters. The van der Waals surface area contributed by atoms with Crippen molar-refractivity contribution in [2.75, 3.05) is 0 Å². The monoisotopic (exact) mass is 214 g/mol. The molecule has 0 saturated heterocycles. The number of carboxylic acids is 1. The molecule has 1 aromatic rings. The number of hydrogen-bond acceptors (Lipinski definition) is 2. The smallest absolute Gasteiger partial charge is 0.309 e. The molecule has 0 fully saturated rings. The summed E-state index contributed by atoms with van der Waals surface area (Å²) in [6.07, 6.45) is -1.02. The average Bonchev–Trinajstić information content (AvgIpc) is 2.15. The molecular weight excluding hydrogens is 204 g/mol. The number of carboxylic acid groups (broad SMARTS) is 1. The lowest BCUT2D eigenvalue weighted by Gasteiger charge is -2.15. The molecule has 1 rings (SSSR count). The first-order valence-corrected chi connectivity index (χ1v) is 4.56. The van der Waals surface area contributed by atoms with Crippen LogP contribution in [0.25, 0.3) is 0 Å². The Morgan fingerprint density at radius 1 is 1.50 bits per heavy atom. The van der Waals surface area contributed by atoms with Crippen molar-refractivity contribution in [1.82, 2.24) is 0 Å². The Morgan fingerprint density at radius 3 is 2.64 bits per heavy atom. The minimum atomic E-state index is -1.03. The molecule has 0 aliphatic heterocycles. The predicted octanol–water partition coefficient (Wildman–Crippen LogP) is 2.09. The van der Waals surface area contributed by atoms with Gasteiger partial charge in [-0.2, -0.15) is 0 Å². The van der Waals surface area contributed by atoms with Gasteiger partial charge in [-0.15, -0.1) is 0 Å². The Morgan fingerprint density at radius 2 is 2.14 bits per heavy atom. The lowest BCUT2D eigenvalue weighted by molar-refractivity contribution is -0.145. The molecule has 4 heteroatoms. The molecule has 0 aliphatic rings. The molecule has 2 atom stereocenters. The van der Waals surface area contributed by atoms with Crippen molar-refractivity contribution in [2.45, 2.75) is 13.0 Å². The van der Waals surface area contributed by atoms with Gasteiger partial charge < -0.3 is 10.2 Å². The normalized spacial score (nSPS) is 14.8. The molecule has 0 heterocycles. The molecule has 3 nitrogen and oxygen atoms in total. The fraction of sp³-hybridized carbons (Fsp3) is 0.300. The summed E-state index contributed by atoms with van der Waals surface area (Å²) in [5.74, 6) is -1.87. The largest absolute Gasteiger partial charge is 0.481 e. The van der Waals surface area contributed by atoms with Crippen LogP contribution in [0, 0.1) is 5.92 Å². The molecule has 0 saturated carbocycles. The van der Waals surface area contributed by atoms with E-state index in [1.807, 2.05) is 0 Å². The van der Waals surface area contributed by atoms with Gasteiger partial charge in [-0.05, 0) is 24.6 Å². The summed E-state index contributed by atoms with van der Waals surface area (Å²) in [6.45, 7) is 1.45. The zero-order valence-corrected chi connectivity index (χ0v) is 8.40. The zero-order chi connectivity index (χ0) is 10.7. The van der Waals surface area contributed by atoms with E-state index < -0.39 is 18.0 Å². The molecule has 76 valence electrons.